The highest BCUT2D eigenvalue weighted by atomic mass is 35.5. The summed E-state index contributed by atoms with van der Waals surface area (Å²) in [5.41, 5.74) is 8.93. The lowest BCUT2D eigenvalue weighted by Crippen LogP contribution is -2.34. The first kappa shape index (κ1) is 19.8. The first-order chi connectivity index (χ1) is 13.7. The predicted molar refractivity (Wildman–Crippen MR) is 116 cm³/mol. The third-order valence-corrected chi connectivity index (χ3v) is 6.18. The van der Waals surface area contributed by atoms with Crippen LogP contribution in [-0.4, -0.2) is 19.9 Å². The normalized spacial score (nSPS) is 15.3. The Bertz CT molecular complexity index is 1070. The summed E-state index contributed by atoms with van der Waals surface area (Å²) in [5.74, 6) is 1.09. The van der Waals surface area contributed by atoms with E-state index in [4.69, 9.17) is 15.4 Å². The largest absolute Gasteiger partial charge is 0.334 e. The van der Waals surface area contributed by atoms with Crippen molar-refractivity contribution in [3.05, 3.63) is 65.4 Å². The molecular weight excluding hydrogens is 406 g/mol. The van der Waals surface area contributed by atoms with Crippen LogP contribution >= 0.6 is 23.7 Å². The van der Waals surface area contributed by atoms with E-state index in [1.54, 1.807) is 11.3 Å². The summed E-state index contributed by atoms with van der Waals surface area (Å²) in [6, 6.07) is 14.3. The van der Waals surface area contributed by atoms with Gasteiger partial charge in [0.1, 0.15) is 5.69 Å². The number of halogens is 1. The molecule has 0 spiro atoms. The van der Waals surface area contributed by atoms with Crippen LogP contribution in [0.5, 0.6) is 0 Å². The molecule has 0 bridgehead atoms. The van der Waals surface area contributed by atoms with E-state index in [1.165, 1.54) is 5.56 Å². The molecule has 3 heterocycles. The van der Waals surface area contributed by atoms with E-state index in [9.17, 15) is 0 Å². The molecule has 0 saturated heterocycles. The van der Waals surface area contributed by atoms with Gasteiger partial charge in [-0.3, -0.25) is 4.68 Å². The first-order valence-corrected chi connectivity index (χ1v) is 10.4. The van der Waals surface area contributed by atoms with Crippen LogP contribution in [0.25, 0.3) is 22.0 Å². The maximum absolute atomic E-state index is 6.51. The third-order valence-electron chi connectivity index (χ3n) is 5.30. The molecule has 150 valence electrons. The molecule has 2 N–H and O–H groups in total. The van der Waals surface area contributed by atoms with Crippen LogP contribution in [0.1, 0.15) is 37.1 Å². The van der Waals surface area contributed by atoms with Crippen molar-refractivity contribution in [3.63, 3.8) is 0 Å². The van der Waals surface area contributed by atoms with Gasteiger partial charge in [0.2, 0.25) is 0 Å². The predicted octanol–water partition coefficient (Wildman–Crippen LogP) is 4.86. The molecule has 6 nitrogen and oxygen atoms in total. The average molecular weight is 428 g/mol. The number of hydrogen-bond donors (Lipinski definition) is 1. The molecule has 0 radical (unpaired) electrons. The van der Waals surface area contributed by atoms with Crippen molar-refractivity contribution in [1.82, 2.24) is 19.9 Å². The van der Waals surface area contributed by atoms with E-state index in [0.29, 0.717) is 18.3 Å². The van der Waals surface area contributed by atoms with Crippen LogP contribution < -0.4 is 5.73 Å². The number of aromatic nitrogens is 4. The maximum atomic E-state index is 6.51. The smallest absolute Gasteiger partial charge is 0.261 e. The van der Waals surface area contributed by atoms with Gasteiger partial charge in [-0.1, -0.05) is 54.4 Å². The molecule has 1 saturated carbocycles. The molecular formula is C21H22ClN5OS. The second-order valence-corrected chi connectivity index (χ2v) is 8.29. The zero-order chi connectivity index (χ0) is 19.0. The Hall–Kier alpha value is -2.48. The standard InChI is InChI=1S/C21H21N5OS.ClH/c22-21(10-4-5-11-21)20-23-19(27-25-20)16-14-26(13-15-7-2-1-3-8-15)24-18(16)17-9-6-12-28-17;/h1-3,6-9,12,14H,4-5,10-11,13,22H2;1H. The van der Waals surface area contributed by atoms with Crippen LogP contribution in [0.3, 0.4) is 0 Å². The second-order valence-electron chi connectivity index (χ2n) is 7.34. The molecule has 0 unspecified atom stereocenters. The Balaban J connectivity index is 0.00000205. The molecule has 0 atom stereocenters. The minimum Gasteiger partial charge on any atom is -0.334 e. The van der Waals surface area contributed by atoms with Crippen molar-refractivity contribution < 1.29 is 4.52 Å². The number of thiophene rings is 1. The topological polar surface area (TPSA) is 82.8 Å². The molecule has 3 aromatic heterocycles. The highest BCUT2D eigenvalue weighted by Gasteiger charge is 2.36. The maximum Gasteiger partial charge on any atom is 0.261 e. The Morgan fingerprint density at radius 2 is 1.90 bits per heavy atom. The highest BCUT2D eigenvalue weighted by molar-refractivity contribution is 7.13. The summed E-state index contributed by atoms with van der Waals surface area (Å²) in [5, 5.41) is 11.1. The second kappa shape index (κ2) is 8.10. The molecule has 0 amide bonds. The molecule has 1 fully saturated rings. The zero-order valence-corrected chi connectivity index (χ0v) is 17.5. The first-order valence-electron chi connectivity index (χ1n) is 9.50. The average Bonchev–Trinajstić information content (AvgIpc) is 3.49. The fourth-order valence-corrected chi connectivity index (χ4v) is 4.51. The van der Waals surface area contributed by atoms with Gasteiger partial charge in [-0.05, 0) is 29.9 Å². The fraction of sp³-hybridized carbons (Fsp3) is 0.286. The highest BCUT2D eigenvalue weighted by Crippen LogP contribution is 2.37. The molecule has 5 rings (SSSR count). The van der Waals surface area contributed by atoms with Gasteiger partial charge >= 0.3 is 0 Å². The number of rotatable bonds is 5. The van der Waals surface area contributed by atoms with Crippen molar-refractivity contribution in [2.75, 3.05) is 0 Å². The Labute approximate surface area is 179 Å². The third kappa shape index (κ3) is 3.85. The lowest BCUT2D eigenvalue weighted by molar-refractivity contribution is 0.372. The van der Waals surface area contributed by atoms with Gasteiger partial charge in [-0.25, -0.2) is 0 Å². The molecule has 29 heavy (non-hydrogen) atoms. The number of nitrogens with zero attached hydrogens (tertiary/aromatic N) is 4. The fourth-order valence-electron chi connectivity index (χ4n) is 3.79. The molecule has 1 aromatic carbocycles. The van der Waals surface area contributed by atoms with Crippen LogP contribution in [-0.2, 0) is 12.1 Å². The van der Waals surface area contributed by atoms with E-state index in [2.05, 4.69) is 28.3 Å². The van der Waals surface area contributed by atoms with Crippen LogP contribution in [0.15, 0.2) is 58.6 Å². The molecule has 0 aliphatic heterocycles. The van der Waals surface area contributed by atoms with E-state index in [1.807, 2.05) is 40.5 Å². The molecule has 4 aromatic rings. The van der Waals surface area contributed by atoms with Gasteiger partial charge in [0.25, 0.3) is 5.89 Å². The van der Waals surface area contributed by atoms with Gasteiger partial charge in [-0.2, -0.15) is 10.1 Å². The Morgan fingerprint density at radius 3 is 2.62 bits per heavy atom. The van der Waals surface area contributed by atoms with Gasteiger partial charge in [0.05, 0.1) is 22.5 Å². The van der Waals surface area contributed by atoms with Crippen molar-refractivity contribution in [2.45, 2.75) is 37.8 Å². The summed E-state index contributed by atoms with van der Waals surface area (Å²) >= 11 is 1.65. The van der Waals surface area contributed by atoms with Crippen molar-refractivity contribution >= 4 is 23.7 Å². The molecule has 1 aliphatic carbocycles. The minimum atomic E-state index is -0.467. The minimum absolute atomic E-state index is 0. The van der Waals surface area contributed by atoms with Crippen LogP contribution in [0.2, 0.25) is 0 Å². The summed E-state index contributed by atoms with van der Waals surface area (Å²) in [4.78, 5) is 5.75. The van der Waals surface area contributed by atoms with Gasteiger partial charge < -0.3 is 10.3 Å². The van der Waals surface area contributed by atoms with Crippen molar-refractivity contribution in [1.29, 1.82) is 0 Å². The summed E-state index contributed by atoms with van der Waals surface area (Å²) in [6.45, 7) is 0.682. The van der Waals surface area contributed by atoms with Gasteiger partial charge in [0, 0.05) is 6.20 Å². The van der Waals surface area contributed by atoms with Gasteiger partial charge in [0.15, 0.2) is 5.82 Å². The SMILES string of the molecule is Cl.NC1(c2noc(-c3cn(Cc4ccccc4)nc3-c3cccs3)n2)CCCC1. The summed E-state index contributed by atoms with van der Waals surface area (Å²) in [6.07, 6.45) is 6.00. The van der Waals surface area contributed by atoms with E-state index < -0.39 is 5.54 Å². The summed E-state index contributed by atoms with van der Waals surface area (Å²) < 4.78 is 7.57. The number of hydrogen-bond acceptors (Lipinski definition) is 6. The van der Waals surface area contributed by atoms with E-state index in [0.717, 1.165) is 41.8 Å². The van der Waals surface area contributed by atoms with Crippen LogP contribution in [0.4, 0.5) is 0 Å². The number of nitrogens with two attached hydrogens (primary N) is 1. The van der Waals surface area contributed by atoms with Crippen LogP contribution in [0, 0.1) is 0 Å². The Kier molecular flexibility index (Phi) is 5.54. The zero-order valence-electron chi connectivity index (χ0n) is 15.8. The monoisotopic (exact) mass is 427 g/mol. The molecule has 1 aliphatic rings. The van der Waals surface area contributed by atoms with Crippen molar-refractivity contribution in [3.8, 4) is 22.0 Å². The van der Waals surface area contributed by atoms with E-state index >= 15 is 0 Å². The van der Waals surface area contributed by atoms with Gasteiger partial charge in [-0.15, -0.1) is 23.7 Å². The number of benzene rings is 1. The summed E-state index contributed by atoms with van der Waals surface area (Å²) in [7, 11) is 0. The van der Waals surface area contributed by atoms with E-state index in [-0.39, 0.29) is 12.4 Å². The van der Waals surface area contributed by atoms with Crippen molar-refractivity contribution in [2.24, 2.45) is 5.73 Å². The Morgan fingerprint density at radius 1 is 1.10 bits per heavy atom. The lowest BCUT2D eigenvalue weighted by atomic mass is 9.99. The molecule has 8 heteroatoms. The quantitative estimate of drug-likeness (QED) is 0.491. The lowest BCUT2D eigenvalue weighted by Gasteiger charge is -2.17.